The Morgan fingerprint density at radius 3 is 3.05 bits per heavy atom. The summed E-state index contributed by atoms with van der Waals surface area (Å²) in [6.45, 7) is 1.55. The fourth-order valence-electron chi connectivity index (χ4n) is 2.84. The van der Waals surface area contributed by atoms with Crippen LogP contribution < -0.4 is 0 Å². The summed E-state index contributed by atoms with van der Waals surface area (Å²) < 4.78 is 5.09. The van der Waals surface area contributed by atoms with E-state index in [0.717, 1.165) is 38.8 Å². The van der Waals surface area contributed by atoms with Gasteiger partial charge in [0.05, 0.1) is 0 Å². The van der Waals surface area contributed by atoms with E-state index in [1.165, 1.54) is 6.42 Å². The summed E-state index contributed by atoms with van der Waals surface area (Å²) in [5.41, 5.74) is 0.573. The highest BCUT2D eigenvalue weighted by Gasteiger charge is 2.27. The molecule has 0 bridgehead atoms. The van der Waals surface area contributed by atoms with Crippen LogP contribution in [0.4, 0.5) is 0 Å². The lowest BCUT2D eigenvalue weighted by Crippen LogP contribution is -2.43. The first-order chi connectivity index (χ1) is 9.72. The van der Waals surface area contributed by atoms with Crippen molar-refractivity contribution in [1.29, 1.82) is 0 Å². The van der Waals surface area contributed by atoms with E-state index in [2.05, 4.69) is 0 Å². The molecule has 1 amide bonds. The standard InChI is InChI=1S/C16H23NO3/c1-20-11-5-8-14-7-2-3-10-17(14)16(19)13-6-4-9-15(18)12-13/h4,6,9,12,14,18H,2-3,5,7-8,10-11H2,1H3/t14-/m1/s1. The van der Waals surface area contributed by atoms with Crippen LogP contribution in [0.3, 0.4) is 0 Å². The minimum Gasteiger partial charge on any atom is -0.508 e. The van der Waals surface area contributed by atoms with Crippen molar-refractivity contribution in [1.82, 2.24) is 4.90 Å². The molecule has 110 valence electrons. The van der Waals surface area contributed by atoms with Crippen molar-refractivity contribution in [2.75, 3.05) is 20.3 Å². The van der Waals surface area contributed by atoms with Crippen LogP contribution in [-0.4, -0.2) is 42.2 Å². The second kappa shape index (κ2) is 7.29. The predicted molar refractivity (Wildman–Crippen MR) is 77.9 cm³/mol. The van der Waals surface area contributed by atoms with Crippen molar-refractivity contribution in [3.05, 3.63) is 29.8 Å². The van der Waals surface area contributed by atoms with E-state index in [4.69, 9.17) is 4.74 Å². The summed E-state index contributed by atoms with van der Waals surface area (Å²) in [5.74, 6) is 0.173. The van der Waals surface area contributed by atoms with Crippen LogP contribution >= 0.6 is 0 Å². The SMILES string of the molecule is COCCC[C@H]1CCCCN1C(=O)c1cccc(O)c1. The normalized spacial score (nSPS) is 19.1. The van der Waals surface area contributed by atoms with Gasteiger partial charge in [-0.2, -0.15) is 0 Å². The zero-order chi connectivity index (χ0) is 14.4. The fraction of sp³-hybridized carbons (Fsp3) is 0.562. The average molecular weight is 277 g/mol. The van der Waals surface area contributed by atoms with Crippen molar-refractivity contribution >= 4 is 5.91 Å². The molecule has 0 saturated carbocycles. The molecule has 1 heterocycles. The highest BCUT2D eigenvalue weighted by atomic mass is 16.5. The van der Waals surface area contributed by atoms with Gasteiger partial charge < -0.3 is 14.7 Å². The summed E-state index contributed by atoms with van der Waals surface area (Å²) in [6.07, 6.45) is 5.27. The quantitative estimate of drug-likeness (QED) is 0.842. The Balaban J connectivity index is 2.05. The maximum Gasteiger partial charge on any atom is 0.254 e. The van der Waals surface area contributed by atoms with Gasteiger partial charge in [0.2, 0.25) is 0 Å². The number of rotatable bonds is 5. The van der Waals surface area contributed by atoms with E-state index < -0.39 is 0 Å². The molecule has 4 heteroatoms. The molecule has 1 aliphatic heterocycles. The largest absolute Gasteiger partial charge is 0.508 e. The number of likely N-dealkylation sites (tertiary alicyclic amines) is 1. The molecule has 1 atom stereocenters. The molecular weight excluding hydrogens is 254 g/mol. The zero-order valence-electron chi connectivity index (χ0n) is 12.0. The third-order valence-corrected chi connectivity index (χ3v) is 3.87. The lowest BCUT2D eigenvalue weighted by molar-refractivity contribution is 0.0584. The van der Waals surface area contributed by atoms with Gasteiger partial charge in [0.1, 0.15) is 5.75 Å². The maximum absolute atomic E-state index is 12.6. The third kappa shape index (κ3) is 3.73. The molecule has 0 radical (unpaired) electrons. The summed E-state index contributed by atoms with van der Waals surface area (Å²) in [6, 6.07) is 6.91. The topological polar surface area (TPSA) is 49.8 Å². The number of methoxy groups -OCH3 is 1. The lowest BCUT2D eigenvalue weighted by atomic mass is 9.97. The van der Waals surface area contributed by atoms with Gasteiger partial charge in [-0.3, -0.25) is 4.79 Å². The summed E-state index contributed by atoms with van der Waals surface area (Å²) in [4.78, 5) is 14.5. The van der Waals surface area contributed by atoms with Gasteiger partial charge in [-0.25, -0.2) is 0 Å². The van der Waals surface area contributed by atoms with E-state index in [1.807, 2.05) is 4.90 Å². The summed E-state index contributed by atoms with van der Waals surface area (Å²) in [5, 5.41) is 9.51. The molecule has 1 aromatic rings. The van der Waals surface area contributed by atoms with Gasteiger partial charge in [0.25, 0.3) is 5.91 Å². The maximum atomic E-state index is 12.6. The molecule has 0 spiro atoms. The Labute approximate surface area is 120 Å². The number of hydrogen-bond acceptors (Lipinski definition) is 3. The smallest absolute Gasteiger partial charge is 0.254 e. The number of nitrogens with zero attached hydrogens (tertiary/aromatic N) is 1. The molecule has 2 rings (SSSR count). The fourth-order valence-corrected chi connectivity index (χ4v) is 2.84. The number of aromatic hydroxyl groups is 1. The van der Waals surface area contributed by atoms with Gasteiger partial charge in [-0.15, -0.1) is 0 Å². The Bertz CT molecular complexity index is 447. The second-order valence-corrected chi connectivity index (χ2v) is 5.33. The first kappa shape index (κ1) is 14.9. The van der Waals surface area contributed by atoms with Crippen molar-refractivity contribution in [3.8, 4) is 5.75 Å². The first-order valence-corrected chi connectivity index (χ1v) is 7.31. The Kier molecular flexibility index (Phi) is 5.41. The van der Waals surface area contributed by atoms with Gasteiger partial charge >= 0.3 is 0 Å². The number of benzene rings is 1. The third-order valence-electron chi connectivity index (χ3n) is 3.87. The summed E-state index contributed by atoms with van der Waals surface area (Å²) >= 11 is 0. The van der Waals surface area contributed by atoms with E-state index in [9.17, 15) is 9.90 Å². The van der Waals surface area contributed by atoms with Crippen molar-refractivity contribution in [2.24, 2.45) is 0 Å². The van der Waals surface area contributed by atoms with E-state index in [1.54, 1.807) is 31.4 Å². The van der Waals surface area contributed by atoms with Gasteiger partial charge in [-0.1, -0.05) is 6.07 Å². The number of amides is 1. The number of ether oxygens (including phenoxy) is 1. The Morgan fingerprint density at radius 2 is 2.30 bits per heavy atom. The minimum atomic E-state index is 0.0306. The minimum absolute atomic E-state index is 0.0306. The molecule has 1 saturated heterocycles. The van der Waals surface area contributed by atoms with Crippen molar-refractivity contribution < 1.29 is 14.6 Å². The van der Waals surface area contributed by atoms with Crippen molar-refractivity contribution in [3.63, 3.8) is 0 Å². The second-order valence-electron chi connectivity index (χ2n) is 5.33. The van der Waals surface area contributed by atoms with Crippen molar-refractivity contribution in [2.45, 2.75) is 38.1 Å². The predicted octanol–water partition coefficient (Wildman–Crippen LogP) is 2.81. The molecule has 1 N–H and O–H groups in total. The van der Waals surface area contributed by atoms with Crippen LogP contribution in [0.25, 0.3) is 0 Å². The first-order valence-electron chi connectivity index (χ1n) is 7.31. The molecule has 1 aliphatic rings. The lowest BCUT2D eigenvalue weighted by Gasteiger charge is -2.36. The Hall–Kier alpha value is -1.55. The van der Waals surface area contributed by atoms with E-state index in [0.29, 0.717) is 11.6 Å². The number of phenolic OH excluding ortho intramolecular Hbond substituents is 1. The highest BCUT2D eigenvalue weighted by Crippen LogP contribution is 2.24. The number of phenols is 1. The van der Waals surface area contributed by atoms with E-state index in [-0.39, 0.29) is 11.7 Å². The van der Waals surface area contributed by atoms with Crippen LogP contribution in [-0.2, 0) is 4.74 Å². The van der Waals surface area contributed by atoms with Gasteiger partial charge in [-0.05, 0) is 50.3 Å². The molecule has 4 nitrogen and oxygen atoms in total. The van der Waals surface area contributed by atoms with Crippen LogP contribution in [0.15, 0.2) is 24.3 Å². The van der Waals surface area contributed by atoms with Crippen LogP contribution in [0.2, 0.25) is 0 Å². The average Bonchev–Trinajstić information content (AvgIpc) is 2.47. The molecular formula is C16H23NO3. The Morgan fingerprint density at radius 1 is 1.45 bits per heavy atom. The summed E-state index contributed by atoms with van der Waals surface area (Å²) in [7, 11) is 1.70. The number of carbonyl (C=O) groups is 1. The zero-order valence-corrected chi connectivity index (χ0v) is 12.0. The molecule has 1 fully saturated rings. The van der Waals surface area contributed by atoms with Crippen LogP contribution in [0.1, 0.15) is 42.5 Å². The molecule has 20 heavy (non-hydrogen) atoms. The molecule has 0 aromatic heterocycles. The molecule has 0 aliphatic carbocycles. The van der Waals surface area contributed by atoms with Gasteiger partial charge in [0.15, 0.2) is 0 Å². The van der Waals surface area contributed by atoms with E-state index >= 15 is 0 Å². The van der Waals surface area contributed by atoms with Crippen LogP contribution in [0, 0.1) is 0 Å². The molecule has 0 unspecified atom stereocenters. The number of carbonyl (C=O) groups excluding carboxylic acids is 1. The number of hydrogen-bond donors (Lipinski definition) is 1. The monoisotopic (exact) mass is 277 g/mol. The molecule has 1 aromatic carbocycles. The van der Waals surface area contributed by atoms with Gasteiger partial charge in [0, 0.05) is 31.9 Å². The number of piperidine rings is 1. The van der Waals surface area contributed by atoms with Crippen LogP contribution in [0.5, 0.6) is 5.75 Å². The highest BCUT2D eigenvalue weighted by molar-refractivity contribution is 5.94.